The van der Waals surface area contributed by atoms with Crippen molar-refractivity contribution in [2.75, 3.05) is 19.8 Å². The van der Waals surface area contributed by atoms with E-state index in [-0.39, 0.29) is 17.3 Å². The minimum absolute atomic E-state index is 0.134. The van der Waals surface area contributed by atoms with E-state index < -0.39 is 5.97 Å². The number of fused-ring (bicyclic) bond motifs is 1. The molecule has 1 N–H and O–H groups in total. The van der Waals surface area contributed by atoms with Crippen LogP contribution in [0.5, 0.6) is 11.5 Å². The van der Waals surface area contributed by atoms with Gasteiger partial charge in [-0.15, -0.1) is 0 Å². The molecule has 1 aliphatic rings. The summed E-state index contributed by atoms with van der Waals surface area (Å²) in [6.07, 6.45) is 0.687. The first-order valence-corrected chi connectivity index (χ1v) is 8.94. The van der Waals surface area contributed by atoms with Gasteiger partial charge in [-0.3, -0.25) is 4.79 Å². The van der Waals surface area contributed by atoms with E-state index in [2.05, 4.69) is 4.98 Å². The second-order valence-electron chi connectivity index (χ2n) is 6.12. The van der Waals surface area contributed by atoms with Crippen molar-refractivity contribution in [2.24, 2.45) is 0 Å². The molecule has 27 heavy (non-hydrogen) atoms. The molecule has 1 aromatic carbocycles. The first-order chi connectivity index (χ1) is 13.0. The van der Waals surface area contributed by atoms with Gasteiger partial charge in [0.2, 0.25) is 0 Å². The molecule has 0 aliphatic carbocycles. The Morgan fingerprint density at radius 2 is 1.70 bits per heavy atom. The minimum Gasteiger partial charge on any atom is -0.490 e. The first kappa shape index (κ1) is 18.7. The molecule has 0 unspecified atom stereocenters. The van der Waals surface area contributed by atoms with Crippen molar-refractivity contribution in [1.82, 2.24) is 9.88 Å². The third kappa shape index (κ3) is 4.02. The molecule has 0 saturated heterocycles. The topological polar surface area (TPSA) is 89.0 Å². The molecule has 0 fully saturated rings. The van der Waals surface area contributed by atoms with Crippen molar-refractivity contribution in [1.29, 1.82) is 0 Å². The van der Waals surface area contributed by atoms with E-state index in [9.17, 15) is 9.59 Å². The van der Waals surface area contributed by atoms with Crippen LogP contribution < -0.4 is 9.47 Å². The number of carbonyl (C=O) groups is 2. The quantitative estimate of drug-likeness (QED) is 0.841. The number of aromatic carboxylic acids is 1. The number of nitrogens with zero attached hydrogens (tertiary/aromatic N) is 2. The van der Waals surface area contributed by atoms with Gasteiger partial charge in [0.15, 0.2) is 11.5 Å². The van der Waals surface area contributed by atoms with Gasteiger partial charge in [-0.05, 0) is 55.7 Å². The van der Waals surface area contributed by atoms with Gasteiger partial charge in [-0.2, -0.15) is 0 Å². The lowest BCUT2D eigenvalue weighted by Gasteiger charge is -2.29. The number of pyridine rings is 1. The zero-order valence-corrected chi connectivity index (χ0v) is 15.4. The van der Waals surface area contributed by atoms with Gasteiger partial charge in [0, 0.05) is 13.1 Å². The number of carboxylic acids is 1. The van der Waals surface area contributed by atoms with Crippen molar-refractivity contribution < 1.29 is 24.2 Å². The molecule has 2 heterocycles. The lowest BCUT2D eigenvalue weighted by Crippen LogP contribution is -2.36. The van der Waals surface area contributed by atoms with Crippen LogP contribution in [0.4, 0.5) is 0 Å². The van der Waals surface area contributed by atoms with Gasteiger partial charge >= 0.3 is 5.97 Å². The third-order valence-corrected chi connectivity index (χ3v) is 4.35. The number of hydrogen-bond donors (Lipinski definition) is 1. The zero-order chi connectivity index (χ0) is 19.4. The largest absolute Gasteiger partial charge is 0.490 e. The number of amides is 1. The number of benzene rings is 1. The Balaban J connectivity index is 1.85. The Morgan fingerprint density at radius 3 is 2.33 bits per heavy atom. The summed E-state index contributed by atoms with van der Waals surface area (Å²) in [4.78, 5) is 29.5. The molecule has 1 aromatic heterocycles. The van der Waals surface area contributed by atoms with Gasteiger partial charge in [-0.25, -0.2) is 9.78 Å². The lowest BCUT2D eigenvalue weighted by molar-refractivity contribution is 0.0689. The highest BCUT2D eigenvalue weighted by atomic mass is 16.5. The van der Waals surface area contributed by atoms with Gasteiger partial charge in [0.1, 0.15) is 11.4 Å². The van der Waals surface area contributed by atoms with E-state index >= 15 is 0 Å². The maximum Gasteiger partial charge on any atom is 0.354 e. The summed E-state index contributed by atoms with van der Waals surface area (Å²) in [5.41, 5.74) is 2.11. The van der Waals surface area contributed by atoms with E-state index in [1.807, 2.05) is 26.0 Å². The summed E-state index contributed by atoms with van der Waals surface area (Å²) in [6.45, 7) is 5.85. The Kier molecular flexibility index (Phi) is 5.59. The maximum atomic E-state index is 12.8. The average Bonchev–Trinajstić information content (AvgIpc) is 2.68. The summed E-state index contributed by atoms with van der Waals surface area (Å²) >= 11 is 0. The second-order valence-corrected chi connectivity index (χ2v) is 6.12. The molecule has 0 radical (unpaired) electrons. The van der Waals surface area contributed by atoms with Crippen molar-refractivity contribution in [2.45, 2.75) is 26.8 Å². The molecule has 0 spiro atoms. The van der Waals surface area contributed by atoms with Crippen LogP contribution in [0.25, 0.3) is 0 Å². The number of aromatic nitrogens is 1. The Labute approximate surface area is 157 Å². The molecule has 3 rings (SSSR count). The summed E-state index contributed by atoms with van der Waals surface area (Å²) < 4.78 is 11.3. The number of ether oxygens (including phenoxy) is 2. The second kappa shape index (κ2) is 8.07. The Morgan fingerprint density at radius 1 is 1.07 bits per heavy atom. The van der Waals surface area contributed by atoms with Crippen LogP contribution in [0.1, 0.15) is 46.0 Å². The Bertz CT molecular complexity index is 865. The molecule has 7 heteroatoms. The number of rotatable bonds is 6. The highest BCUT2D eigenvalue weighted by Gasteiger charge is 2.25. The molecule has 1 aliphatic heterocycles. The van der Waals surface area contributed by atoms with Crippen molar-refractivity contribution in [3.63, 3.8) is 0 Å². The normalized spacial score (nSPS) is 13.0. The predicted molar refractivity (Wildman–Crippen MR) is 98.4 cm³/mol. The molecular formula is C20H22N2O5. The predicted octanol–water partition coefficient (Wildman–Crippen LogP) is 2.78. The van der Waals surface area contributed by atoms with Crippen molar-refractivity contribution in [3.8, 4) is 11.5 Å². The van der Waals surface area contributed by atoms with Crippen molar-refractivity contribution >= 4 is 11.9 Å². The summed E-state index contributed by atoms with van der Waals surface area (Å²) in [5, 5.41) is 9.07. The standard InChI is InChI=1S/C20H22N2O5/c1-3-26-17-10-13-8-9-22(12-14(13)11-18(17)27-4-2)19(23)15-6-5-7-16(21-15)20(24)25/h5-7,10-11H,3-4,8-9,12H2,1-2H3,(H,24,25). The third-order valence-electron chi connectivity index (χ3n) is 4.35. The van der Waals surface area contributed by atoms with E-state index in [1.165, 1.54) is 18.2 Å². The summed E-state index contributed by atoms with van der Waals surface area (Å²) in [7, 11) is 0. The summed E-state index contributed by atoms with van der Waals surface area (Å²) in [5.74, 6) is -0.0545. The molecule has 0 bridgehead atoms. The lowest BCUT2D eigenvalue weighted by atomic mass is 9.98. The SMILES string of the molecule is CCOc1cc2c(cc1OCC)CN(C(=O)c1cccc(C(=O)O)n1)CC2. The average molecular weight is 370 g/mol. The summed E-state index contributed by atoms with van der Waals surface area (Å²) in [6, 6.07) is 8.34. The highest BCUT2D eigenvalue weighted by Crippen LogP contribution is 2.34. The van der Waals surface area contributed by atoms with Crippen LogP contribution in [0.2, 0.25) is 0 Å². The number of carboxylic acid groups (broad SMARTS) is 1. The fraction of sp³-hybridized carbons (Fsp3) is 0.350. The van der Waals surface area contributed by atoms with Crippen LogP contribution in [-0.4, -0.2) is 46.6 Å². The highest BCUT2D eigenvalue weighted by molar-refractivity contribution is 5.94. The molecule has 2 aromatic rings. The van der Waals surface area contributed by atoms with Crippen LogP contribution in [0.3, 0.4) is 0 Å². The molecule has 0 saturated carbocycles. The van der Waals surface area contributed by atoms with Gasteiger partial charge in [-0.1, -0.05) is 6.07 Å². The van der Waals surface area contributed by atoms with Crippen LogP contribution in [0, 0.1) is 0 Å². The van der Waals surface area contributed by atoms with E-state index in [4.69, 9.17) is 14.6 Å². The minimum atomic E-state index is -1.15. The van der Waals surface area contributed by atoms with Gasteiger partial charge in [0.25, 0.3) is 5.91 Å². The maximum absolute atomic E-state index is 12.8. The van der Waals surface area contributed by atoms with Crippen LogP contribution in [0.15, 0.2) is 30.3 Å². The van der Waals surface area contributed by atoms with E-state index in [0.717, 1.165) is 11.1 Å². The molecule has 0 atom stereocenters. The fourth-order valence-electron chi connectivity index (χ4n) is 3.11. The van der Waals surface area contributed by atoms with E-state index in [1.54, 1.807) is 4.90 Å². The number of carbonyl (C=O) groups excluding carboxylic acids is 1. The molecule has 142 valence electrons. The first-order valence-electron chi connectivity index (χ1n) is 8.94. The van der Waals surface area contributed by atoms with Gasteiger partial charge in [0.05, 0.1) is 13.2 Å². The Hall–Kier alpha value is -3.09. The van der Waals surface area contributed by atoms with Gasteiger partial charge < -0.3 is 19.5 Å². The smallest absolute Gasteiger partial charge is 0.354 e. The zero-order valence-electron chi connectivity index (χ0n) is 15.4. The fourth-order valence-corrected chi connectivity index (χ4v) is 3.11. The monoisotopic (exact) mass is 370 g/mol. The van der Waals surface area contributed by atoms with Crippen molar-refractivity contribution in [3.05, 3.63) is 52.8 Å². The van der Waals surface area contributed by atoms with E-state index in [0.29, 0.717) is 44.2 Å². The molecule has 1 amide bonds. The number of hydrogen-bond acceptors (Lipinski definition) is 5. The molecular weight excluding hydrogens is 348 g/mol. The van der Waals surface area contributed by atoms with Crippen LogP contribution in [-0.2, 0) is 13.0 Å². The molecule has 7 nitrogen and oxygen atoms in total. The van der Waals surface area contributed by atoms with Crippen LogP contribution >= 0.6 is 0 Å².